The van der Waals surface area contributed by atoms with Crippen molar-refractivity contribution in [3.8, 4) is 23.0 Å². The van der Waals surface area contributed by atoms with Crippen LogP contribution in [0.15, 0.2) is 42.5 Å². The molecule has 0 bridgehead atoms. The minimum atomic E-state index is -1.81. The van der Waals surface area contributed by atoms with Gasteiger partial charge in [-0.2, -0.15) is 0 Å². The molecule has 0 aliphatic carbocycles. The molecule has 0 spiro atoms. The average molecular weight is 785 g/mol. The molecule has 0 radical (unpaired) electrons. The van der Waals surface area contributed by atoms with Crippen LogP contribution in [0.1, 0.15) is 18.1 Å². The van der Waals surface area contributed by atoms with Gasteiger partial charge in [0.05, 0.1) is 40.1 Å². The lowest BCUT2D eigenvalue weighted by atomic mass is 9.96. The van der Waals surface area contributed by atoms with Gasteiger partial charge in [-0.1, -0.05) is 12.1 Å². The zero-order valence-corrected chi connectivity index (χ0v) is 30.1. The maximum Gasteiger partial charge on any atom is 0.331 e. The second-order valence-electron chi connectivity index (χ2n) is 13.2. The zero-order chi connectivity index (χ0) is 40.0. The zero-order valence-electron chi connectivity index (χ0n) is 30.1. The second kappa shape index (κ2) is 19.0. The van der Waals surface area contributed by atoms with Crippen LogP contribution in [0.5, 0.6) is 23.0 Å². The fourth-order valence-corrected chi connectivity index (χ4v) is 6.26. The Hall–Kier alpha value is -3.67. The van der Waals surface area contributed by atoms with Gasteiger partial charge >= 0.3 is 5.97 Å². The minimum absolute atomic E-state index is 0.0830. The summed E-state index contributed by atoms with van der Waals surface area (Å²) in [6, 6.07) is 9.03. The van der Waals surface area contributed by atoms with Crippen LogP contribution < -0.4 is 9.47 Å². The smallest absolute Gasteiger partial charge is 0.331 e. The van der Waals surface area contributed by atoms with Crippen molar-refractivity contribution in [3.63, 3.8) is 0 Å². The summed E-state index contributed by atoms with van der Waals surface area (Å²) in [5.41, 5.74) is 1.08. The van der Waals surface area contributed by atoms with Crippen LogP contribution in [-0.4, -0.2) is 172 Å². The molecular formula is C36H48O19. The molecule has 3 aliphatic heterocycles. The van der Waals surface area contributed by atoms with E-state index in [2.05, 4.69) is 0 Å². The van der Waals surface area contributed by atoms with Crippen LogP contribution in [-0.2, 0) is 44.4 Å². The number of methoxy groups -OCH3 is 2. The molecule has 2 aromatic rings. The highest BCUT2D eigenvalue weighted by atomic mass is 16.8. The number of carbonyl (C=O) groups excluding carboxylic acids is 1. The Bertz CT molecular complexity index is 1590. The summed E-state index contributed by atoms with van der Waals surface area (Å²) in [5.74, 6) is -0.805. The number of aliphatic hydroxyl groups is 7. The summed E-state index contributed by atoms with van der Waals surface area (Å²) >= 11 is 0. The SMILES string of the molecule is COc1ccc(CCO[C@@H]2O[C@H](CO)[C@@H](OC(=O)/C=C\c3ccc(O)c(OC)c3)[C@H](O[C@@H]3O[C@@H](C)[C@H](O)[C@@H](O)[C@H]3O[C@@H]3OC[C@H](O)[C@H](O)[C@H]3O)[C@H]2O)cc1O. The lowest BCUT2D eigenvalue weighted by Gasteiger charge is -2.48. The standard InChI is InChI=1S/C36H48O19/c1-16-26(42)28(44)33(55-34-29(45)27(43)21(40)15-50-34)36(51-16)54-32-30(46)35(49-11-10-18-5-8-22(47-2)20(39)12-18)52-24(14-37)31(32)53-25(41)9-6-17-4-7-19(38)23(13-17)48-3/h4-9,12-13,16,21,24,26-40,42-46H,10-11,14-15H2,1-3H3/b9-6-/t16-,21-,24+,26-,27-,28+,29+,30+,31+,32+,33+,34-,35+,36-/m0/s1. The topological polar surface area (TPSA) is 282 Å². The van der Waals surface area contributed by atoms with Crippen LogP contribution in [0, 0.1) is 0 Å². The maximum absolute atomic E-state index is 13.2. The Morgan fingerprint density at radius 3 is 2.20 bits per heavy atom. The summed E-state index contributed by atoms with van der Waals surface area (Å²) in [7, 11) is 2.76. The predicted molar refractivity (Wildman–Crippen MR) is 183 cm³/mol. The molecule has 2 aromatic carbocycles. The van der Waals surface area contributed by atoms with Gasteiger partial charge in [-0.25, -0.2) is 4.79 Å². The number of phenols is 2. The number of hydrogen-bond donors (Lipinski definition) is 9. The van der Waals surface area contributed by atoms with E-state index in [1.54, 1.807) is 12.1 Å². The van der Waals surface area contributed by atoms with Gasteiger partial charge in [0.25, 0.3) is 0 Å². The summed E-state index contributed by atoms with van der Waals surface area (Å²) < 4.78 is 50.6. The molecule has 9 N–H and O–H groups in total. The van der Waals surface area contributed by atoms with Crippen molar-refractivity contribution in [1.82, 2.24) is 0 Å². The Morgan fingerprint density at radius 1 is 0.782 bits per heavy atom. The summed E-state index contributed by atoms with van der Waals surface area (Å²) in [5, 5.41) is 94.5. The first-order chi connectivity index (χ1) is 26.3. The molecule has 3 fully saturated rings. The van der Waals surface area contributed by atoms with E-state index in [9.17, 15) is 50.8 Å². The van der Waals surface area contributed by atoms with Crippen LogP contribution in [0.4, 0.5) is 0 Å². The normalized spacial score (nSPS) is 35.4. The Kier molecular flexibility index (Phi) is 14.7. The van der Waals surface area contributed by atoms with Crippen molar-refractivity contribution in [1.29, 1.82) is 0 Å². The van der Waals surface area contributed by atoms with Crippen molar-refractivity contribution < 1.29 is 93.4 Å². The van der Waals surface area contributed by atoms with Gasteiger partial charge < -0.3 is 88.6 Å². The van der Waals surface area contributed by atoms with Crippen molar-refractivity contribution in [3.05, 3.63) is 53.6 Å². The summed E-state index contributed by atoms with van der Waals surface area (Å²) in [6.45, 7) is 0.0972. The van der Waals surface area contributed by atoms with Crippen LogP contribution >= 0.6 is 0 Å². The first-order valence-electron chi connectivity index (χ1n) is 17.4. The molecule has 306 valence electrons. The van der Waals surface area contributed by atoms with Gasteiger partial charge in [-0.15, -0.1) is 0 Å². The maximum atomic E-state index is 13.2. The van der Waals surface area contributed by atoms with Crippen molar-refractivity contribution in [2.45, 2.75) is 99.4 Å². The predicted octanol–water partition coefficient (Wildman–Crippen LogP) is -1.95. The lowest BCUT2D eigenvalue weighted by Crippen LogP contribution is -2.66. The molecule has 0 aromatic heterocycles. The number of aromatic hydroxyl groups is 2. The number of ether oxygens (including phenoxy) is 9. The van der Waals surface area contributed by atoms with Gasteiger partial charge in [0, 0.05) is 6.08 Å². The molecule has 14 atom stereocenters. The molecule has 5 rings (SSSR count). The Morgan fingerprint density at radius 2 is 1.51 bits per heavy atom. The monoisotopic (exact) mass is 784 g/mol. The molecule has 3 heterocycles. The van der Waals surface area contributed by atoms with Crippen LogP contribution in [0.3, 0.4) is 0 Å². The molecule has 19 nitrogen and oxygen atoms in total. The molecule has 3 aliphatic rings. The van der Waals surface area contributed by atoms with Gasteiger partial charge in [0.1, 0.15) is 54.9 Å². The Labute approximate surface area is 315 Å². The molecule has 55 heavy (non-hydrogen) atoms. The van der Waals surface area contributed by atoms with Gasteiger partial charge in [-0.3, -0.25) is 0 Å². The van der Waals surface area contributed by atoms with Crippen molar-refractivity contribution >= 4 is 12.0 Å². The highest BCUT2D eigenvalue weighted by Crippen LogP contribution is 2.34. The van der Waals surface area contributed by atoms with Gasteiger partial charge in [-0.05, 0) is 54.8 Å². The highest BCUT2D eigenvalue weighted by molar-refractivity contribution is 5.87. The highest BCUT2D eigenvalue weighted by Gasteiger charge is 2.54. The van der Waals surface area contributed by atoms with E-state index in [1.165, 1.54) is 51.5 Å². The lowest BCUT2D eigenvalue weighted by molar-refractivity contribution is -0.381. The molecule has 0 saturated carbocycles. The number of aliphatic hydroxyl groups excluding tert-OH is 7. The first kappa shape index (κ1) is 42.5. The first-order valence-corrected chi connectivity index (χ1v) is 17.4. The number of rotatable bonds is 14. The molecular weight excluding hydrogens is 736 g/mol. The molecule has 0 unspecified atom stereocenters. The van der Waals surface area contributed by atoms with Crippen molar-refractivity contribution in [2.75, 3.05) is 34.0 Å². The van der Waals surface area contributed by atoms with E-state index in [4.69, 9.17) is 42.6 Å². The van der Waals surface area contributed by atoms with E-state index in [0.29, 0.717) is 11.1 Å². The summed E-state index contributed by atoms with van der Waals surface area (Å²) in [4.78, 5) is 13.2. The Balaban J connectivity index is 1.40. The number of carbonyl (C=O) groups is 1. The van der Waals surface area contributed by atoms with E-state index in [0.717, 1.165) is 6.08 Å². The average Bonchev–Trinajstić information content (AvgIpc) is 3.17. The van der Waals surface area contributed by atoms with Gasteiger partial charge in [0.15, 0.2) is 48.0 Å². The van der Waals surface area contributed by atoms with E-state index < -0.39 is 105 Å². The van der Waals surface area contributed by atoms with E-state index in [-0.39, 0.29) is 36.0 Å². The minimum Gasteiger partial charge on any atom is -0.504 e. The quantitative estimate of drug-likeness (QED) is 0.0744. The van der Waals surface area contributed by atoms with Crippen LogP contribution in [0.2, 0.25) is 0 Å². The third-order valence-electron chi connectivity index (χ3n) is 9.40. The van der Waals surface area contributed by atoms with Gasteiger partial charge in [0.2, 0.25) is 0 Å². The summed E-state index contributed by atoms with van der Waals surface area (Å²) in [6.07, 6.45) is -19.7. The van der Waals surface area contributed by atoms with Crippen molar-refractivity contribution in [2.24, 2.45) is 0 Å². The van der Waals surface area contributed by atoms with E-state index >= 15 is 0 Å². The third kappa shape index (κ3) is 10.0. The third-order valence-corrected chi connectivity index (χ3v) is 9.40. The molecule has 19 heteroatoms. The number of phenolic OH excluding ortho intramolecular Hbond substituents is 2. The second-order valence-corrected chi connectivity index (χ2v) is 13.2. The number of benzene rings is 2. The molecule has 0 amide bonds. The fourth-order valence-electron chi connectivity index (χ4n) is 6.26. The van der Waals surface area contributed by atoms with Crippen LogP contribution in [0.25, 0.3) is 6.08 Å². The largest absolute Gasteiger partial charge is 0.504 e. The van der Waals surface area contributed by atoms with E-state index in [1.807, 2.05) is 0 Å². The fraction of sp³-hybridized carbons (Fsp3) is 0.583. The number of esters is 1. The number of hydrogen-bond acceptors (Lipinski definition) is 19. The molecule has 3 saturated heterocycles.